The lowest BCUT2D eigenvalue weighted by atomic mass is 10.2. The van der Waals surface area contributed by atoms with Crippen molar-refractivity contribution in [3.05, 3.63) is 41.5 Å². The second-order valence-electron chi connectivity index (χ2n) is 4.35. The van der Waals surface area contributed by atoms with Gasteiger partial charge in [0, 0.05) is 6.42 Å². The van der Waals surface area contributed by atoms with Crippen LogP contribution in [-0.2, 0) is 6.42 Å². The number of nitrogens with one attached hydrogen (secondary N) is 1. The number of rotatable bonds is 5. The molecule has 0 amide bonds. The Morgan fingerprint density at radius 1 is 1.30 bits per heavy atom. The van der Waals surface area contributed by atoms with E-state index in [2.05, 4.69) is 15.4 Å². The summed E-state index contributed by atoms with van der Waals surface area (Å²) < 4.78 is 19.2. The summed E-state index contributed by atoms with van der Waals surface area (Å²) in [4.78, 5) is 8.60. The van der Waals surface area contributed by atoms with E-state index in [9.17, 15) is 4.39 Å². The van der Waals surface area contributed by atoms with Gasteiger partial charge >= 0.3 is 0 Å². The minimum Gasteiger partial charge on any atom is -0.435 e. The second-order valence-corrected chi connectivity index (χ2v) is 4.35. The molecule has 1 heterocycles. The first-order valence-corrected chi connectivity index (χ1v) is 6.42. The lowest BCUT2D eigenvalue weighted by Gasteiger charge is -2.12. The van der Waals surface area contributed by atoms with Crippen LogP contribution in [0.25, 0.3) is 0 Å². The lowest BCUT2D eigenvalue weighted by Crippen LogP contribution is -2.13. The Balaban J connectivity index is 2.39. The van der Waals surface area contributed by atoms with Crippen molar-refractivity contribution in [2.24, 2.45) is 5.84 Å². The summed E-state index contributed by atoms with van der Waals surface area (Å²) in [5.41, 5.74) is 3.14. The number of para-hydroxylation sites is 1. The second kappa shape index (κ2) is 6.29. The maximum atomic E-state index is 13.6. The topological polar surface area (TPSA) is 73.1 Å². The number of aromatic nitrogens is 2. The number of benzene rings is 1. The van der Waals surface area contributed by atoms with Crippen LogP contribution < -0.4 is 16.0 Å². The van der Waals surface area contributed by atoms with Gasteiger partial charge in [-0.2, -0.15) is 4.98 Å². The molecule has 0 bridgehead atoms. The fourth-order valence-corrected chi connectivity index (χ4v) is 1.75. The van der Waals surface area contributed by atoms with Crippen LogP contribution in [0.4, 0.5) is 10.2 Å². The summed E-state index contributed by atoms with van der Waals surface area (Å²) in [7, 11) is 0. The number of nitrogens with zero attached hydrogens (tertiary/aromatic N) is 2. The van der Waals surface area contributed by atoms with Crippen molar-refractivity contribution in [3.63, 3.8) is 0 Å². The molecule has 0 fully saturated rings. The molecule has 1 aromatic carbocycles. The van der Waals surface area contributed by atoms with E-state index in [0.29, 0.717) is 29.5 Å². The number of aryl methyl sites for hydroxylation is 1. The van der Waals surface area contributed by atoms with E-state index in [0.717, 1.165) is 6.42 Å². The van der Waals surface area contributed by atoms with Crippen LogP contribution in [0, 0.1) is 12.7 Å². The lowest BCUT2D eigenvalue weighted by molar-refractivity contribution is 0.421. The molecule has 20 heavy (non-hydrogen) atoms. The third kappa shape index (κ3) is 3.03. The minimum absolute atomic E-state index is 0.125. The first-order valence-electron chi connectivity index (χ1n) is 6.42. The van der Waals surface area contributed by atoms with Gasteiger partial charge in [-0.1, -0.05) is 19.1 Å². The Morgan fingerprint density at radius 3 is 2.70 bits per heavy atom. The zero-order valence-corrected chi connectivity index (χ0v) is 11.5. The molecule has 5 nitrogen and oxygen atoms in total. The van der Waals surface area contributed by atoms with Crippen molar-refractivity contribution < 1.29 is 9.13 Å². The summed E-state index contributed by atoms with van der Waals surface area (Å²) in [5, 5.41) is 0. The van der Waals surface area contributed by atoms with Gasteiger partial charge < -0.3 is 10.2 Å². The number of halogens is 1. The molecule has 0 aliphatic carbocycles. The molecule has 0 spiro atoms. The van der Waals surface area contributed by atoms with E-state index < -0.39 is 5.82 Å². The quantitative estimate of drug-likeness (QED) is 0.649. The summed E-state index contributed by atoms with van der Waals surface area (Å²) in [5.74, 6) is 6.52. The number of hydrogen-bond acceptors (Lipinski definition) is 5. The van der Waals surface area contributed by atoms with Crippen LogP contribution in [0.15, 0.2) is 24.3 Å². The van der Waals surface area contributed by atoms with Gasteiger partial charge in [0.1, 0.15) is 11.6 Å². The van der Waals surface area contributed by atoms with Crippen LogP contribution in [-0.4, -0.2) is 9.97 Å². The van der Waals surface area contributed by atoms with Gasteiger partial charge in [0.2, 0.25) is 5.88 Å². The van der Waals surface area contributed by atoms with Gasteiger partial charge in [0.05, 0.1) is 5.56 Å². The highest BCUT2D eigenvalue weighted by Crippen LogP contribution is 2.28. The van der Waals surface area contributed by atoms with Gasteiger partial charge in [-0.25, -0.2) is 15.2 Å². The fraction of sp³-hybridized carbons (Fsp3) is 0.286. The highest BCUT2D eigenvalue weighted by atomic mass is 19.1. The van der Waals surface area contributed by atoms with Gasteiger partial charge in [-0.15, -0.1) is 0 Å². The van der Waals surface area contributed by atoms with Crippen LogP contribution >= 0.6 is 0 Å². The molecule has 0 saturated heterocycles. The molecular formula is C14H17FN4O. The number of anilines is 1. The molecule has 6 heteroatoms. The van der Waals surface area contributed by atoms with Crippen molar-refractivity contribution in [2.45, 2.75) is 26.7 Å². The van der Waals surface area contributed by atoms with Crippen LogP contribution in [0.5, 0.6) is 11.6 Å². The Labute approximate surface area is 117 Å². The molecule has 106 valence electrons. The molecule has 0 radical (unpaired) electrons. The molecule has 0 aliphatic rings. The number of nitrogens with two attached hydrogens (primary N) is 1. The first kappa shape index (κ1) is 14.2. The SMILES string of the molecule is CCCc1nc(NN)c(C)c(Oc2ccccc2F)n1. The van der Waals surface area contributed by atoms with E-state index in [1.807, 2.05) is 6.92 Å². The van der Waals surface area contributed by atoms with E-state index in [4.69, 9.17) is 10.6 Å². The maximum Gasteiger partial charge on any atom is 0.227 e. The Morgan fingerprint density at radius 2 is 2.05 bits per heavy atom. The third-order valence-electron chi connectivity index (χ3n) is 2.80. The zero-order valence-electron chi connectivity index (χ0n) is 11.5. The van der Waals surface area contributed by atoms with E-state index in [1.54, 1.807) is 25.1 Å². The average molecular weight is 276 g/mol. The maximum absolute atomic E-state index is 13.6. The number of ether oxygens (including phenoxy) is 1. The van der Waals surface area contributed by atoms with Gasteiger partial charge in [-0.3, -0.25) is 0 Å². The normalized spacial score (nSPS) is 10.4. The Bertz CT molecular complexity index is 604. The molecule has 0 atom stereocenters. The summed E-state index contributed by atoms with van der Waals surface area (Å²) in [6.45, 7) is 3.79. The standard InChI is InChI=1S/C14H17FN4O/c1-3-6-12-17-13(19-16)9(2)14(18-12)20-11-8-5-4-7-10(11)15/h4-5,7-8H,3,6,16H2,1-2H3,(H,17,18,19). The van der Waals surface area contributed by atoms with Gasteiger partial charge in [-0.05, 0) is 25.5 Å². The first-order chi connectivity index (χ1) is 9.65. The smallest absolute Gasteiger partial charge is 0.227 e. The molecule has 2 aromatic rings. The summed E-state index contributed by atoms with van der Waals surface area (Å²) in [6, 6.07) is 6.18. The highest BCUT2D eigenvalue weighted by Gasteiger charge is 2.13. The largest absolute Gasteiger partial charge is 0.435 e. The van der Waals surface area contributed by atoms with Crippen molar-refractivity contribution in [1.82, 2.24) is 9.97 Å². The van der Waals surface area contributed by atoms with Gasteiger partial charge in [0.15, 0.2) is 11.6 Å². The van der Waals surface area contributed by atoms with Crippen LogP contribution in [0.2, 0.25) is 0 Å². The van der Waals surface area contributed by atoms with Crippen molar-refractivity contribution >= 4 is 5.82 Å². The molecule has 0 saturated carbocycles. The monoisotopic (exact) mass is 276 g/mol. The Kier molecular flexibility index (Phi) is 4.47. The van der Waals surface area contributed by atoms with Crippen molar-refractivity contribution in [1.29, 1.82) is 0 Å². The van der Waals surface area contributed by atoms with Crippen molar-refractivity contribution in [2.75, 3.05) is 5.43 Å². The highest BCUT2D eigenvalue weighted by molar-refractivity contribution is 5.48. The predicted molar refractivity (Wildman–Crippen MR) is 75.0 cm³/mol. The molecule has 1 aromatic heterocycles. The summed E-state index contributed by atoms with van der Waals surface area (Å²) in [6.07, 6.45) is 1.59. The molecule has 3 N–H and O–H groups in total. The third-order valence-corrected chi connectivity index (χ3v) is 2.80. The number of hydrogen-bond donors (Lipinski definition) is 2. The molecule has 2 rings (SSSR count). The van der Waals surface area contributed by atoms with Crippen LogP contribution in [0.1, 0.15) is 24.7 Å². The molecular weight excluding hydrogens is 259 g/mol. The Hall–Kier alpha value is -2.21. The van der Waals surface area contributed by atoms with Crippen molar-refractivity contribution in [3.8, 4) is 11.6 Å². The zero-order chi connectivity index (χ0) is 14.5. The van der Waals surface area contributed by atoms with E-state index >= 15 is 0 Å². The van der Waals surface area contributed by atoms with Crippen LogP contribution in [0.3, 0.4) is 0 Å². The fourth-order valence-electron chi connectivity index (χ4n) is 1.75. The molecule has 0 unspecified atom stereocenters. The minimum atomic E-state index is -0.440. The van der Waals surface area contributed by atoms with E-state index in [1.165, 1.54) is 6.07 Å². The average Bonchev–Trinajstić information content (AvgIpc) is 2.45. The molecule has 0 aliphatic heterocycles. The summed E-state index contributed by atoms with van der Waals surface area (Å²) >= 11 is 0. The number of nitrogen functional groups attached to an aromatic ring is 1. The number of hydrazine groups is 1. The van der Waals surface area contributed by atoms with E-state index in [-0.39, 0.29) is 5.75 Å². The predicted octanol–water partition coefficient (Wildman–Crippen LogP) is 2.95. The van der Waals surface area contributed by atoms with Gasteiger partial charge in [0.25, 0.3) is 0 Å².